The summed E-state index contributed by atoms with van der Waals surface area (Å²) in [5.74, 6) is 0.743. The minimum Gasteiger partial charge on any atom is -0.497 e. The van der Waals surface area contributed by atoms with Crippen LogP contribution in [0, 0.1) is 0 Å². The van der Waals surface area contributed by atoms with Crippen molar-refractivity contribution in [3.63, 3.8) is 0 Å². The largest absolute Gasteiger partial charge is 0.497 e. The molecule has 0 saturated carbocycles. The fourth-order valence-corrected chi connectivity index (χ4v) is 2.77. The van der Waals surface area contributed by atoms with Crippen LogP contribution in [0.15, 0.2) is 60.7 Å². The van der Waals surface area contributed by atoms with Gasteiger partial charge in [0.2, 0.25) is 5.91 Å². The number of nitrogens with zero attached hydrogens (tertiary/aromatic N) is 1. The van der Waals surface area contributed by atoms with Crippen LogP contribution in [0.4, 0.5) is 0 Å². The maximum atomic E-state index is 11.6. The predicted octanol–water partition coefficient (Wildman–Crippen LogP) is 3.66. The lowest BCUT2D eigenvalue weighted by atomic mass is 10.0. The van der Waals surface area contributed by atoms with Gasteiger partial charge in [-0.2, -0.15) is 0 Å². The van der Waals surface area contributed by atoms with Gasteiger partial charge in [-0.3, -0.25) is 9.78 Å². The minimum atomic E-state index is -0.156. The molecule has 1 amide bonds. The first-order valence-corrected chi connectivity index (χ1v) is 7.91. The third-order valence-electron chi connectivity index (χ3n) is 3.94. The molecule has 2 aromatic carbocycles. The van der Waals surface area contributed by atoms with E-state index >= 15 is 0 Å². The topological polar surface area (TPSA) is 51.2 Å². The molecule has 0 aliphatic heterocycles. The molecule has 4 nitrogen and oxygen atoms in total. The van der Waals surface area contributed by atoms with Crippen molar-refractivity contribution in [2.45, 2.75) is 19.4 Å². The Kier molecular flexibility index (Phi) is 4.75. The van der Waals surface area contributed by atoms with Gasteiger partial charge < -0.3 is 10.1 Å². The number of methoxy groups -OCH3 is 1. The van der Waals surface area contributed by atoms with Crippen LogP contribution in [0.5, 0.6) is 5.75 Å². The van der Waals surface area contributed by atoms with Crippen molar-refractivity contribution in [2.75, 3.05) is 7.11 Å². The molecule has 0 radical (unpaired) electrons. The Morgan fingerprint density at radius 3 is 2.62 bits per heavy atom. The fraction of sp³-hybridized carbons (Fsp3) is 0.200. The highest BCUT2D eigenvalue weighted by atomic mass is 16.5. The first kappa shape index (κ1) is 16.0. The summed E-state index contributed by atoms with van der Waals surface area (Å²) >= 11 is 0. The molecule has 0 aliphatic rings. The molecule has 1 heterocycles. The Labute approximate surface area is 141 Å². The van der Waals surface area contributed by atoms with E-state index in [4.69, 9.17) is 9.72 Å². The number of ether oxygens (including phenoxy) is 1. The molecule has 122 valence electrons. The van der Waals surface area contributed by atoms with Gasteiger partial charge in [0.25, 0.3) is 0 Å². The number of benzene rings is 2. The maximum Gasteiger partial charge on any atom is 0.217 e. The van der Waals surface area contributed by atoms with Gasteiger partial charge in [0.05, 0.1) is 24.4 Å². The molecule has 1 N–H and O–H groups in total. The highest BCUT2D eigenvalue weighted by Gasteiger charge is 2.15. The van der Waals surface area contributed by atoms with Crippen molar-refractivity contribution < 1.29 is 9.53 Å². The number of nitrogens with one attached hydrogen (secondary N) is 1. The van der Waals surface area contributed by atoms with Gasteiger partial charge in [-0.25, -0.2) is 0 Å². The minimum absolute atomic E-state index is 0.0624. The average molecular weight is 320 g/mol. The fourth-order valence-electron chi connectivity index (χ4n) is 2.77. The molecule has 0 unspecified atom stereocenters. The molecule has 0 aliphatic carbocycles. The molecular formula is C20H20N2O2. The van der Waals surface area contributed by atoms with E-state index in [1.54, 1.807) is 7.11 Å². The summed E-state index contributed by atoms with van der Waals surface area (Å²) in [7, 11) is 1.65. The van der Waals surface area contributed by atoms with E-state index in [-0.39, 0.29) is 11.9 Å². The Balaban J connectivity index is 1.94. The first-order valence-electron chi connectivity index (χ1n) is 7.91. The molecule has 0 bridgehead atoms. The van der Waals surface area contributed by atoms with E-state index in [0.29, 0.717) is 6.42 Å². The quantitative estimate of drug-likeness (QED) is 0.780. The number of carbonyl (C=O) groups excluding carboxylic acids is 1. The van der Waals surface area contributed by atoms with Gasteiger partial charge in [-0.1, -0.05) is 36.4 Å². The number of aromatic nitrogens is 1. The molecule has 3 aromatic rings. The van der Waals surface area contributed by atoms with Crippen LogP contribution in [0.2, 0.25) is 0 Å². The Morgan fingerprint density at radius 2 is 1.92 bits per heavy atom. The van der Waals surface area contributed by atoms with Crippen molar-refractivity contribution in [3.8, 4) is 5.75 Å². The summed E-state index contributed by atoms with van der Waals surface area (Å²) in [6.45, 7) is 1.53. The number of pyridine rings is 1. The second kappa shape index (κ2) is 7.13. The summed E-state index contributed by atoms with van der Waals surface area (Å²) in [6.07, 6.45) is 0.703. The zero-order valence-electron chi connectivity index (χ0n) is 13.8. The number of fused-ring (bicyclic) bond motifs is 1. The smallest absolute Gasteiger partial charge is 0.217 e. The van der Waals surface area contributed by atoms with Gasteiger partial charge in [0, 0.05) is 12.3 Å². The van der Waals surface area contributed by atoms with Crippen LogP contribution in [0.3, 0.4) is 0 Å². The SMILES string of the molecule is COc1ccc2nc([C@H](Cc3ccccc3)NC(C)=O)ccc2c1. The van der Waals surface area contributed by atoms with Gasteiger partial charge in [-0.05, 0) is 36.2 Å². The first-order chi connectivity index (χ1) is 11.7. The zero-order chi connectivity index (χ0) is 16.9. The standard InChI is InChI=1S/C20H20N2O2/c1-14(23)21-20(12-15-6-4-3-5-7-15)19-10-8-16-13-17(24-2)9-11-18(16)22-19/h3-11,13,20H,12H2,1-2H3,(H,21,23)/t20-/m0/s1. The molecule has 0 fully saturated rings. The van der Waals surface area contributed by atoms with Crippen molar-refractivity contribution >= 4 is 16.8 Å². The Morgan fingerprint density at radius 1 is 1.12 bits per heavy atom. The molecule has 0 spiro atoms. The highest BCUT2D eigenvalue weighted by molar-refractivity contribution is 5.80. The molecule has 3 rings (SSSR count). The Hall–Kier alpha value is -2.88. The molecule has 4 heteroatoms. The van der Waals surface area contributed by atoms with Crippen molar-refractivity contribution in [1.82, 2.24) is 10.3 Å². The monoisotopic (exact) mass is 320 g/mol. The number of hydrogen-bond donors (Lipinski definition) is 1. The zero-order valence-corrected chi connectivity index (χ0v) is 13.8. The van der Waals surface area contributed by atoms with E-state index < -0.39 is 0 Å². The van der Waals surface area contributed by atoms with Gasteiger partial charge >= 0.3 is 0 Å². The van der Waals surface area contributed by atoms with Gasteiger partial charge in [0.1, 0.15) is 5.75 Å². The van der Waals surface area contributed by atoms with E-state index in [1.807, 2.05) is 48.5 Å². The highest BCUT2D eigenvalue weighted by Crippen LogP contribution is 2.23. The maximum absolute atomic E-state index is 11.6. The lowest BCUT2D eigenvalue weighted by Crippen LogP contribution is -2.28. The van der Waals surface area contributed by atoms with Crippen LogP contribution in [-0.4, -0.2) is 18.0 Å². The van der Waals surface area contributed by atoms with Gasteiger partial charge in [0.15, 0.2) is 0 Å². The molecule has 24 heavy (non-hydrogen) atoms. The van der Waals surface area contributed by atoms with Crippen LogP contribution in [-0.2, 0) is 11.2 Å². The van der Waals surface area contributed by atoms with E-state index in [1.165, 1.54) is 6.92 Å². The summed E-state index contributed by atoms with van der Waals surface area (Å²) in [5, 5.41) is 4.02. The van der Waals surface area contributed by atoms with E-state index in [9.17, 15) is 4.79 Å². The normalized spacial score (nSPS) is 11.9. The van der Waals surface area contributed by atoms with Crippen LogP contribution in [0.25, 0.3) is 10.9 Å². The van der Waals surface area contributed by atoms with Crippen LogP contribution >= 0.6 is 0 Å². The summed E-state index contributed by atoms with van der Waals surface area (Å²) in [6, 6.07) is 19.7. The molecule has 1 aromatic heterocycles. The van der Waals surface area contributed by atoms with Crippen molar-refractivity contribution in [1.29, 1.82) is 0 Å². The second-order valence-electron chi connectivity index (χ2n) is 5.74. The van der Waals surface area contributed by atoms with E-state index in [2.05, 4.69) is 17.4 Å². The van der Waals surface area contributed by atoms with Crippen LogP contribution in [0.1, 0.15) is 24.2 Å². The summed E-state index contributed by atoms with van der Waals surface area (Å²) in [4.78, 5) is 16.3. The second-order valence-corrected chi connectivity index (χ2v) is 5.74. The summed E-state index contributed by atoms with van der Waals surface area (Å²) in [5.41, 5.74) is 2.90. The molecular weight excluding hydrogens is 300 g/mol. The van der Waals surface area contributed by atoms with Crippen molar-refractivity contribution in [2.24, 2.45) is 0 Å². The molecule has 0 saturated heterocycles. The third kappa shape index (κ3) is 3.71. The summed E-state index contributed by atoms with van der Waals surface area (Å²) < 4.78 is 5.25. The number of carbonyl (C=O) groups is 1. The number of hydrogen-bond acceptors (Lipinski definition) is 3. The average Bonchev–Trinajstić information content (AvgIpc) is 2.60. The predicted molar refractivity (Wildman–Crippen MR) is 95.0 cm³/mol. The van der Waals surface area contributed by atoms with Crippen LogP contribution < -0.4 is 10.1 Å². The Bertz CT molecular complexity index is 847. The number of amides is 1. The third-order valence-corrected chi connectivity index (χ3v) is 3.94. The lowest BCUT2D eigenvalue weighted by Gasteiger charge is -2.18. The number of rotatable bonds is 5. The molecule has 1 atom stereocenters. The van der Waals surface area contributed by atoms with Gasteiger partial charge in [-0.15, -0.1) is 0 Å². The van der Waals surface area contributed by atoms with Crippen molar-refractivity contribution in [3.05, 3.63) is 71.9 Å². The van der Waals surface area contributed by atoms with E-state index in [0.717, 1.165) is 27.9 Å². The lowest BCUT2D eigenvalue weighted by molar-refractivity contribution is -0.119.